The highest BCUT2D eigenvalue weighted by molar-refractivity contribution is 5.19. The number of pyridine rings is 1. The van der Waals surface area contributed by atoms with Gasteiger partial charge in [0.15, 0.2) is 18.2 Å². The summed E-state index contributed by atoms with van der Waals surface area (Å²) in [7, 11) is 1.52. The highest BCUT2D eigenvalue weighted by atomic mass is 16.5. The number of methoxy groups -OCH3 is 1. The smallest absolute Gasteiger partial charge is 0.339 e. The molecule has 0 fully saturated rings. The van der Waals surface area contributed by atoms with Gasteiger partial charge in [-0.05, 0) is 0 Å². The Balaban J connectivity index is 2.28. The van der Waals surface area contributed by atoms with E-state index in [0.29, 0.717) is 18.1 Å². The van der Waals surface area contributed by atoms with Crippen LogP contribution in [-0.2, 0) is 6.54 Å². The van der Waals surface area contributed by atoms with Crippen molar-refractivity contribution in [3.63, 3.8) is 0 Å². The molecule has 0 N–H and O–H groups in total. The molecule has 16 heavy (non-hydrogen) atoms. The van der Waals surface area contributed by atoms with Gasteiger partial charge < -0.3 is 9.15 Å². The average Bonchev–Trinajstić information content (AvgIpc) is 2.29. The molecule has 0 aliphatic rings. The largest absolute Gasteiger partial charge is 0.496 e. The first-order valence-electron chi connectivity index (χ1n) is 4.90. The highest BCUT2D eigenvalue weighted by Gasteiger charge is 2.07. The molecule has 0 aliphatic heterocycles. The van der Waals surface area contributed by atoms with Crippen LogP contribution >= 0.6 is 0 Å². The van der Waals surface area contributed by atoms with Crippen molar-refractivity contribution >= 4 is 0 Å². The molecule has 82 valence electrons. The second kappa shape index (κ2) is 4.61. The van der Waals surface area contributed by atoms with E-state index in [2.05, 4.69) is 0 Å². The van der Waals surface area contributed by atoms with Gasteiger partial charge in [0.25, 0.3) is 0 Å². The number of hydrogen-bond acceptors (Lipinski definition) is 3. The van der Waals surface area contributed by atoms with Gasteiger partial charge in [-0.2, -0.15) is 4.57 Å². The second-order valence-corrected chi connectivity index (χ2v) is 3.33. The maximum atomic E-state index is 11.2. The van der Waals surface area contributed by atoms with Gasteiger partial charge in [0, 0.05) is 18.2 Å². The van der Waals surface area contributed by atoms with E-state index in [-0.39, 0.29) is 0 Å². The van der Waals surface area contributed by atoms with Crippen molar-refractivity contribution in [3.05, 3.63) is 58.9 Å². The number of hydrogen-bond donors (Lipinski definition) is 0. The van der Waals surface area contributed by atoms with Crippen LogP contribution in [0.15, 0.2) is 51.9 Å². The van der Waals surface area contributed by atoms with Gasteiger partial charge in [0.1, 0.15) is 5.75 Å². The van der Waals surface area contributed by atoms with Crippen LogP contribution in [0.1, 0.15) is 5.76 Å². The molecule has 0 aliphatic carbocycles. The minimum atomic E-state index is -0.397. The minimum Gasteiger partial charge on any atom is -0.496 e. The van der Waals surface area contributed by atoms with Gasteiger partial charge in [0.2, 0.25) is 6.54 Å². The van der Waals surface area contributed by atoms with Crippen LogP contribution in [0.3, 0.4) is 0 Å². The summed E-state index contributed by atoms with van der Waals surface area (Å²) in [4.78, 5) is 11.2. The Morgan fingerprint density at radius 3 is 2.69 bits per heavy atom. The molecule has 2 aromatic rings. The maximum absolute atomic E-state index is 11.2. The summed E-state index contributed by atoms with van der Waals surface area (Å²) >= 11 is 0. The molecule has 2 rings (SSSR count). The van der Waals surface area contributed by atoms with Crippen molar-refractivity contribution in [2.45, 2.75) is 6.54 Å². The summed E-state index contributed by atoms with van der Waals surface area (Å²) in [5.41, 5.74) is -0.397. The number of aromatic nitrogens is 1. The highest BCUT2D eigenvalue weighted by Crippen LogP contribution is 2.08. The van der Waals surface area contributed by atoms with Crippen LogP contribution in [0.25, 0.3) is 0 Å². The number of nitrogens with zero attached hydrogens (tertiary/aromatic N) is 1. The van der Waals surface area contributed by atoms with Crippen molar-refractivity contribution in [2.24, 2.45) is 0 Å². The Bertz CT molecular complexity index is 519. The van der Waals surface area contributed by atoms with E-state index in [1.165, 1.54) is 13.2 Å². The Morgan fingerprint density at radius 2 is 2.00 bits per heavy atom. The maximum Gasteiger partial charge on any atom is 0.339 e. The summed E-state index contributed by atoms with van der Waals surface area (Å²) in [5.74, 6) is 1.09. The fourth-order valence-corrected chi connectivity index (χ4v) is 1.42. The molecule has 0 amide bonds. The van der Waals surface area contributed by atoms with E-state index in [4.69, 9.17) is 9.15 Å². The predicted octanol–water partition coefficient (Wildman–Crippen LogP) is 0.984. The Labute approximate surface area is 92.7 Å². The lowest BCUT2D eigenvalue weighted by Crippen LogP contribution is -2.33. The fraction of sp³-hybridized carbons (Fsp3) is 0.167. The van der Waals surface area contributed by atoms with Crippen LogP contribution in [0.4, 0.5) is 0 Å². The van der Waals surface area contributed by atoms with Crippen LogP contribution in [0, 0.1) is 0 Å². The van der Waals surface area contributed by atoms with E-state index in [9.17, 15) is 4.79 Å². The molecule has 0 unspecified atom stereocenters. The summed E-state index contributed by atoms with van der Waals surface area (Å²) in [6.45, 7) is 0.507. The van der Waals surface area contributed by atoms with E-state index in [0.717, 1.165) is 0 Å². The van der Waals surface area contributed by atoms with Crippen molar-refractivity contribution in [2.75, 3.05) is 7.11 Å². The molecule has 4 heteroatoms. The molecule has 0 spiro atoms. The molecular formula is C12H12NO3+. The molecule has 2 aromatic heterocycles. The normalized spacial score (nSPS) is 10.1. The Kier molecular flexibility index (Phi) is 3.00. The lowest BCUT2D eigenvalue weighted by Gasteiger charge is -2.00. The Hall–Kier alpha value is -2.10. The fourth-order valence-electron chi connectivity index (χ4n) is 1.42. The average molecular weight is 218 g/mol. The zero-order chi connectivity index (χ0) is 11.4. The van der Waals surface area contributed by atoms with Crippen molar-refractivity contribution < 1.29 is 13.7 Å². The first kappa shape index (κ1) is 10.4. The van der Waals surface area contributed by atoms with Crippen molar-refractivity contribution in [1.82, 2.24) is 0 Å². The van der Waals surface area contributed by atoms with Crippen LogP contribution in [-0.4, -0.2) is 7.11 Å². The van der Waals surface area contributed by atoms with Gasteiger partial charge in [-0.3, -0.25) is 0 Å². The molecule has 0 radical (unpaired) electrons. The van der Waals surface area contributed by atoms with Gasteiger partial charge >= 0.3 is 5.63 Å². The SMILES string of the molecule is COc1cc(C[n+]2ccccc2)oc(=O)c1. The zero-order valence-electron chi connectivity index (χ0n) is 8.92. The van der Waals surface area contributed by atoms with Crippen LogP contribution < -0.4 is 14.9 Å². The molecule has 0 aromatic carbocycles. The van der Waals surface area contributed by atoms with E-state index >= 15 is 0 Å². The third kappa shape index (κ3) is 2.48. The first-order valence-corrected chi connectivity index (χ1v) is 4.90. The monoisotopic (exact) mass is 218 g/mol. The van der Waals surface area contributed by atoms with Gasteiger partial charge in [-0.25, -0.2) is 4.79 Å². The lowest BCUT2D eigenvalue weighted by atomic mass is 10.3. The number of ether oxygens (including phenoxy) is 1. The predicted molar refractivity (Wildman–Crippen MR) is 57.3 cm³/mol. The van der Waals surface area contributed by atoms with Gasteiger partial charge in [-0.15, -0.1) is 0 Å². The van der Waals surface area contributed by atoms with Gasteiger partial charge in [0.05, 0.1) is 13.2 Å². The molecule has 2 heterocycles. The van der Waals surface area contributed by atoms with Crippen molar-refractivity contribution in [3.8, 4) is 5.75 Å². The molecule has 4 nitrogen and oxygen atoms in total. The minimum absolute atomic E-state index is 0.397. The molecule has 0 saturated heterocycles. The molecule has 0 atom stereocenters. The van der Waals surface area contributed by atoms with E-state index < -0.39 is 5.63 Å². The van der Waals surface area contributed by atoms with E-state index in [1.54, 1.807) is 6.07 Å². The summed E-state index contributed by atoms with van der Waals surface area (Å²) in [6.07, 6.45) is 3.80. The quantitative estimate of drug-likeness (QED) is 0.721. The van der Waals surface area contributed by atoms with Gasteiger partial charge in [-0.1, -0.05) is 6.07 Å². The number of rotatable bonds is 3. The topological polar surface area (TPSA) is 43.3 Å². The van der Waals surface area contributed by atoms with Crippen molar-refractivity contribution in [1.29, 1.82) is 0 Å². The summed E-state index contributed by atoms with van der Waals surface area (Å²) < 4.78 is 12.0. The molecule has 0 bridgehead atoms. The summed E-state index contributed by atoms with van der Waals surface area (Å²) in [5, 5.41) is 0. The second-order valence-electron chi connectivity index (χ2n) is 3.33. The Morgan fingerprint density at radius 1 is 1.25 bits per heavy atom. The third-order valence-corrected chi connectivity index (χ3v) is 2.15. The van der Waals surface area contributed by atoms with E-state index in [1.807, 2.05) is 35.2 Å². The molecule has 0 saturated carbocycles. The molecular weight excluding hydrogens is 206 g/mol. The first-order chi connectivity index (χ1) is 7.78. The summed E-state index contributed by atoms with van der Waals surface area (Å²) in [6, 6.07) is 8.79. The zero-order valence-corrected chi connectivity index (χ0v) is 8.92. The lowest BCUT2D eigenvalue weighted by molar-refractivity contribution is -0.690. The van der Waals surface area contributed by atoms with Crippen LogP contribution in [0.5, 0.6) is 5.75 Å². The van der Waals surface area contributed by atoms with Crippen LogP contribution in [0.2, 0.25) is 0 Å². The standard InChI is InChI=1S/C12H12NO3/c1-15-10-7-11(16-12(14)8-10)9-13-5-3-2-4-6-13/h2-8H,9H2,1H3/q+1. The third-order valence-electron chi connectivity index (χ3n) is 2.15.